The Morgan fingerprint density at radius 2 is 0.983 bits per heavy atom. The molecule has 1 aliphatic carbocycles. The summed E-state index contributed by atoms with van der Waals surface area (Å²) in [4.78, 5) is 10.4. The zero-order chi connectivity index (χ0) is 39.0. The fourth-order valence-corrected chi connectivity index (χ4v) is 10.5. The molecule has 3 heterocycles. The fourth-order valence-electron chi connectivity index (χ4n) is 10.5. The zero-order valence-corrected chi connectivity index (χ0v) is 32.6. The van der Waals surface area contributed by atoms with Crippen LogP contribution < -0.4 is 0 Å². The van der Waals surface area contributed by atoms with Gasteiger partial charge >= 0.3 is 0 Å². The SMILES string of the molecule is CC1(C)c2ccccc2-c2cccc(-n3c4ccccc4c4cc5c(cc43)c3ccccc3n5-c3cccc(-c4cnc5c6ccccc6c6ccccc6c5n4)c3)c21. The van der Waals surface area contributed by atoms with Crippen LogP contribution in [0.5, 0.6) is 0 Å². The van der Waals surface area contributed by atoms with Crippen LogP contribution in [-0.2, 0) is 5.41 Å². The minimum atomic E-state index is -0.151. The van der Waals surface area contributed by atoms with E-state index in [0.29, 0.717) is 0 Å². The maximum absolute atomic E-state index is 5.35. The van der Waals surface area contributed by atoms with Crippen molar-refractivity contribution in [3.63, 3.8) is 0 Å². The van der Waals surface area contributed by atoms with Crippen LogP contribution in [0.3, 0.4) is 0 Å². The second-order valence-electron chi connectivity index (χ2n) is 16.6. The molecular formula is C55H36N4. The monoisotopic (exact) mass is 752 g/mol. The first kappa shape index (κ1) is 32.5. The number of hydrogen-bond acceptors (Lipinski definition) is 2. The highest BCUT2D eigenvalue weighted by molar-refractivity contribution is 6.23. The smallest absolute Gasteiger partial charge is 0.0979 e. The zero-order valence-electron chi connectivity index (χ0n) is 32.6. The van der Waals surface area contributed by atoms with Crippen LogP contribution >= 0.6 is 0 Å². The lowest BCUT2D eigenvalue weighted by atomic mass is 9.81. The van der Waals surface area contributed by atoms with Gasteiger partial charge < -0.3 is 9.13 Å². The summed E-state index contributed by atoms with van der Waals surface area (Å²) in [6.45, 7) is 4.76. The third-order valence-electron chi connectivity index (χ3n) is 13.1. The van der Waals surface area contributed by atoms with Crippen molar-refractivity contribution in [2.45, 2.75) is 19.3 Å². The van der Waals surface area contributed by atoms with E-state index in [2.05, 4.69) is 199 Å². The first-order chi connectivity index (χ1) is 29.0. The summed E-state index contributed by atoms with van der Waals surface area (Å²) in [5.74, 6) is 0. The van der Waals surface area contributed by atoms with E-state index in [4.69, 9.17) is 9.97 Å². The molecule has 13 rings (SSSR count). The van der Waals surface area contributed by atoms with Gasteiger partial charge in [-0.3, -0.25) is 4.98 Å². The molecule has 12 aromatic rings. The molecule has 0 spiro atoms. The highest BCUT2D eigenvalue weighted by atomic mass is 15.0. The molecule has 0 aliphatic heterocycles. The van der Waals surface area contributed by atoms with Crippen molar-refractivity contribution in [1.29, 1.82) is 0 Å². The van der Waals surface area contributed by atoms with E-state index in [-0.39, 0.29) is 5.41 Å². The Kier molecular flexibility index (Phi) is 6.48. The average molecular weight is 753 g/mol. The van der Waals surface area contributed by atoms with Crippen molar-refractivity contribution >= 4 is 76.2 Å². The number of para-hydroxylation sites is 2. The molecule has 0 saturated carbocycles. The quantitative estimate of drug-likeness (QED) is 0.169. The summed E-state index contributed by atoms with van der Waals surface area (Å²) < 4.78 is 4.95. The normalized spacial score (nSPS) is 13.4. The highest BCUT2D eigenvalue weighted by Crippen LogP contribution is 2.52. The maximum Gasteiger partial charge on any atom is 0.0979 e. The van der Waals surface area contributed by atoms with Crippen molar-refractivity contribution in [3.05, 3.63) is 193 Å². The minimum Gasteiger partial charge on any atom is -0.309 e. The van der Waals surface area contributed by atoms with Crippen molar-refractivity contribution in [2.24, 2.45) is 0 Å². The second kappa shape index (κ2) is 11.7. The standard InChI is InChI=1S/C55H36N4/c1-55(2)45-25-10-7-19-37(45)40-24-14-28-49(52(40)55)59-48-27-12-9-21-39(48)44-30-50-43(31-51(44)59)38-20-8-11-26-47(38)58(50)34-16-13-15-33(29-34)46-32-56-53-41-22-5-3-17-35(41)36-18-4-6-23-42(36)54(53)57-46/h3-32H,1-2H3. The van der Waals surface area contributed by atoms with Gasteiger partial charge in [-0.15, -0.1) is 0 Å². The van der Waals surface area contributed by atoms with Crippen molar-refractivity contribution < 1.29 is 0 Å². The molecule has 3 aromatic heterocycles. The molecule has 0 unspecified atom stereocenters. The van der Waals surface area contributed by atoms with Crippen LogP contribution in [0, 0.1) is 0 Å². The molecule has 1 aliphatic rings. The van der Waals surface area contributed by atoms with E-state index in [1.807, 2.05) is 6.20 Å². The van der Waals surface area contributed by atoms with Gasteiger partial charge in [0.05, 0.1) is 50.7 Å². The van der Waals surface area contributed by atoms with Gasteiger partial charge in [0.25, 0.3) is 0 Å². The third kappa shape index (κ3) is 4.38. The molecule has 59 heavy (non-hydrogen) atoms. The van der Waals surface area contributed by atoms with Gasteiger partial charge in [-0.1, -0.05) is 147 Å². The molecule has 0 bridgehead atoms. The number of hydrogen-bond donors (Lipinski definition) is 0. The first-order valence-corrected chi connectivity index (χ1v) is 20.4. The second-order valence-corrected chi connectivity index (χ2v) is 16.6. The van der Waals surface area contributed by atoms with E-state index in [9.17, 15) is 0 Å². The van der Waals surface area contributed by atoms with Gasteiger partial charge in [0.2, 0.25) is 0 Å². The van der Waals surface area contributed by atoms with Crippen molar-refractivity contribution in [3.8, 4) is 33.8 Å². The number of nitrogens with zero attached hydrogens (tertiary/aromatic N) is 4. The molecule has 0 amide bonds. The molecule has 276 valence electrons. The number of aromatic nitrogens is 4. The van der Waals surface area contributed by atoms with E-state index in [1.54, 1.807) is 0 Å². The lowest BCUT2D eigenvalue weighted by Crippen LogP contribution is -2.18. The van der Waals surface area contributed by atoms with E-state index in [0.717, 1.165) is 38.8 Å². The predicted octanol–water partition coefficient (Wildman–Crippen LogP) is 14.1. The van der Waals surface area contributed by atoms with Gasteiger partial charge in [0.1, 0.15) is 0 Å². The Morgan fingerprint density at radius 3 is 1.71 bits per heavy atom. The van der Waals surface area contributed by atoms with E-state index < -0.39 is 0 Å². The van der Waals surface area contributed by atoms with Gasteiger partial charge in [-0.05, 0) is 75.5 Å². The summed E-state index contributed by atoms with van der Waals surface area (Å²) in [6, 6.07) is 64.2. The third-order valence-corrected chi connectivity index (χ3v) is 13.1. The molecular weight excluding hydrogens is 717 g/mol. The Labute approximate surface area is 340 Å². The maximum atomic E-state index is 5.35. The highest BCUT2D eigenvalue weighted by Gasteiger charge is 2.38. The Balaban J connectivity index is 1.04. The average Bonchev–Trinajstić information content (AvgIpc) is 3.88. The molecule has 0 fully saturated rings. The topological polar surface area (TPSA) is 35.6 Å². The summed E-state index contributed by atoms with van der Waals surface area (Å²) >= 11 is 0. The fraction of sp³-hybridized carbons (Fsp3) is 0.0545. The van der Waals surface area contributed by atoms with Crippen LogP contribution in [0.4, 0.5) is 0 Å². The predicted molar refractivity (Wildman–Crippen MR) is 246 cm³/mol. The number of fused-ring (bicyclic) bond motifs is 15. The molecule has 4 heteroatoms. The summed E-state index contributed by atoms with van der Waals surface area (Å²) in [6.07, 6.45) is 1.94. The Hall–Kier alpha value is -7.56. The van der Waals surface area contributed by atoms with Crippen LogP contribution in [0.2, 0.25) is 0 Å². The summed E-state index contributed by atoms with van der Waals surface area (Å²) in [7, 11) is 0. The van der Waals surface area contributed by atoms with Crippen molar-refractivity contribution in [1.82, 2.24) is 19.1 Å². The van der Waals surface area contributed by atoms with E-state index in [1.165, 1.54) is 82.3 Å². The van der Waals surface area contributed by atoms with Gasteiger partial charge in [-0.2, -0.15) is 0 Å². The van der Waals surface area contributed by atoms with Gasteiger partial charge in [0, 0.05) is 49.0 Å². The molecule has 0 saturated heterocycles. The lowest BCUT2D eigenvalue weighted by Gasteiger charge is -2.25. The summed E-state index contributed by atoms with van der Waals surface area (Å²) in [5.41, 5.74) is 16.1. The number of benzene rings is 9. The Morgan fingerprint density at radius 1 is 0.424 bits per heavy atom. The number of rotatable bonds is 3. The van der Waals surface area contributed by atoms with Crippen LogP contribution in [-0.4, -0.2) is 19.1 Å². The molecule has 9 aromatic carbocycles. The lowest BCUT2D eigenvalue weighted by molar-refractivity contribution is 0.656. The molecule has 0 radical (unpaired) electrons. The van der Waals surface area contributed by atoms with Gasteiger partial charge in [0.15, 0.2) is 0 Å². The van der Waals surface area contributed by atoms with E-state index >= 15 is 0 Å². The minimum absolute atomic E-state index is 0.151. The van der Waals surface area contributed by atoms with Crippen LogP contribution in [0.25, 0.3) is 110 Å². The first-order valence-electron chi connectivity index (χ1n) is 20.4. The molecule has 0 atom stereocenters. The molecule has 4 nitrogen and oxygen atoms in total. The van der Waals surface area contributed by atoms with Crippen LogP contribution in [0.15, 0.2) is 182 Å². The van der Waals surface area contributed by atoms with Crippen LogP contribution in [0.1, 0.15) is 25.0 Å². The summed E-state index contributed by atoms with van der Waals surface area (Å²) in [5, 5.41) is 9.56. The van der Waals surface area contributed by atoms with Gasteiger partial charge in [-0.25, -0.2) is 4.98 Å². The Bertz CT molecular complexity index is 3730. The van der Waals surface area contributed by atoms with Crippen molar-refractivity contribution in [2.75, 3.05) is 0 Å². The molecule has 0 N–H and O–H groups in total. The largest absolute Gasteiger partial charge is 0.309 e.